The Morgan fingerprint density at radius 2 is 1.89 bits per heavy atom. The first-order chi connectivity index (χ1) is 13.4. The van der Waals surface area contributed by atoms with Crippen molar-refractivity contribution in [2.24, 2.45) is 0 Å². The number of halogens is 1. The number of fused-ring (bicyclic) bond motifs is 1. The lowest BCUT2D eigenvalue weighted by atomic mass is 10.0. The third-order valence-corrected chi connectivity index (χ3v) is 4.51. The van der Waals surface area contributed by atoms with Crippen LogP contribution in [-0.2, 0) is 11.2 Å². The summed E-state index contributed by atoms with van der Waals surface area (Å²) >= 11 is 5.79. The summed E-state index contributed by atoms with van der Waals surface area (Å²) in [7, 11) is 1.53. The van der Waals surface area contributed by atoms with Gasteiger partial charge in [-0.1, -0.05) is 11.6 Å². The zero-order valence-electron chi connectivity index (χ0n) is 14.9. The summed E-state index contributed by atoms with van der Waals surface area (Å²) < 4.78 is 5.17. The summed E-state index contributed by atoms with van der Waals surface area (Å²) in [5.41, 5.74) is 0.702. The van der Waals surface area contributed by atoms with E-state index in [2.05, 4.69) is 10.3 Å². The van der Waals surface area contributed by atoms with E-state index in [1.54, 1.807) is 24.3 Å². The maximum Gasteiger partial charge on any atom is 0.326 e. The number of nitrogens with one attached hydrogen (secondary N) is 2. The van der Waals surface area contributed by atoms with Gasteiger partial charge in [0, 0.05) is 33.5 Å². The Kier molecular flexibility index (Phi) is 5.65. The minimum absolute atomic E-state index is 0.169. The van der Waals surface area contributed by atoms with Gasteiger partial charge in [-0.2, -0.15) is 0 Å². The highest BCUT2D eigenvalue weighted by Gasteiger charge is 2.22. The van der Waals surface area contributed by atoms with Crippen LogP contribution in [0.4, 0.5) is 0 Å². The molecule has 0 aliphatic heterocycles. The summed E-state index contributed by atoms with van der Waals surface area (Å²) in [4.78, 5) is 39.0. The van der Waals surface area contributed by atoms with Gasteiger partial charge in [-0.15, -0.1) is 0 Å². The molecule has 0 spiro atoms. The van der Waals surface area contributed by atoms with Crippen molar-refractivity contribution in [1.29, 1.82) is 0 Å². The molecule has 1 aromatic heterocycles. The van der Waals surface area contributed by atoms with Crippen LogP contribution < -0.4 is 15.6 Å². The molecule has 144 valence electrons. The van der Waals surface area contributed by atoms with Crippen molar-refractivity contribution in [3.63, 3.8) is 0 Å². The molecule has 0 aliphatic rings. The highest BCUT2D eigenvalue weighted by molar-refractivity contribution is 6.30. The van der Waals surface area contributed by atoms with Crippen LogP contribution in [0.1, 0.15) is 15.9 Å². The van der Waals surface area contributed by atoms with Crippen molar-refractivity contribution in [1.82, 2.24) is 10.3 Å². The van der Waals surface area contributed by atoms with Crippen LogP contribution in [0.25, 0.3) is 10.9 Å². The number of amides is 1. The van der Waals surface area contributed by atoms with Crippen molar-refractivity contribution >= 4 is 34.4 Å². The van der Waals surface area contributed by atoms with Gasteiger partial charge >= 0.3 is 5.97 Å². The molecule has 0 aliphatic carbocycles. The van der Waals surface area contributed by atoms with Gasteiger partial charge in [-0.3, -0.25) is 9.59 Å². The topological polar surface area (TPSA) is 108 Å². The monoisotopic (exact) mass is 400 g/mol. The Bertz CT molecular complexity index is 1090. The van der Waals surface area contributed by atoms with Crippen LogP contribution in [0, 0.1) is 0 Å². The molecule has 3 rings (SSSR count). The summed E-state index contributed by atoms with van der Waals surface area (Å²) in [5.74, 6) is -1.20. The number of rotatable bonds is 6. The number of aromatic nitrogens is 1. The predicted molar refractivity (Wildman–Crippen MR) is 105 cm³/mol. The average Bonchev–Trinajstić information content (AvgIpc) is 2.67. The van der Waals surface area contributed by atoms with Gasteiger partial charge in [0.05, 0.1) is 7.11 Å². The molecule has 0 saturated carbocycles. The number of carboxylic acid groups (broad SMARTS) is 1. The molecule has 3 aromatic rings. The highest BCUT2D eigenvalue weighted by atomic mass is 35.5. The zero-order valence-corrected chi connectivity index (χ0v) is 15.6. The maximum atomic E-state index is 12.3. The van der Waals surface area contributed by atoms with Crippen LogP contribution >= 0.6 is 11.6 Å². The third-order valence-electron chi connectivity index (χ3n) is 4.26. The van der Waals surface area contributed by atoms with Gasteiger partial charge in [0.1, 0.15) is 11.8 Å². The van der Waals surface area contributed by atoms with E-state index in [9.17, 15) is 19.5 Å². The zero-order chi connectivity index (χ0) is 20.3. The van der Waals surface area contributed by atoms with Gasteiger partial charge < -0.3 is 20.1 Å². The molecule has 1 unspecified atom stereocenters. The van der Waals surface area contributed by atoms with Gasteiger partial charge in [0.2, 0.25) is 0 Å². The maximum absolute atomic E-state index is 12.3. The number of carbonyl (C=O) groups excluding carboxylic acids is 1. The largest absolute Gasteiger partial charge is 0.497 e. The van der Waals surface area contributed by atoms with E-state index < -0.39 is 23.5 Å². The summed E-state index contributed by atoms with van der Waals surface area (Å²) in [5, 5.41) is 13.1. The van der Waals surface area contributed by atoms with Crippen molar-refractivity contribution in [2.45, 2.75) is 12.5 Å². The Balaban J connectivity index is 1.86. The Morgan fingerprint density at radius 3 is 2.54 bits per heavy atom. The molecule has 1 heterocycles. The van der Waals surface area contributed by atoms with Crippen LogP contribution in [-0.4, -0.2) is 35.1 Å². The summed E-state index contributed by atoms with van der Waals surface area (Å²) in [6, 6.07) is 11.5. The summed E-state index contributed by atoms with van der Waals surface area (Å²) in [6.45, 7) is 0. The first kappa shape index (κ1) is 19.4. The number of methoxy groups -OCH3 is 1. The lowest BCUT2D eigenvalue weighted by Crippen LogP contribution is -2.43. The molecule has 3 N–H and O–H groups in total. The van der Waals surface area contributed by atoms with E-state index in [-0.39, 0.29) is 17.5 Å². The Morgan fingerprint density at radius 1 is 1.18 bits per heavy atom. The van der Waals surface area contributed by atoms with Crippen molar-refractivity contribution in [3.05, 3.63) is 75.0 Å². The number of benzene rings is 2. The van der Waals surface area contributed by atoms with Gasteiger partial charge in [-0.25, -0.2) is 4.79 Å². The molecular weight excluding hydrogens is 384 g/mol. The SMILES string of the molecule is COc1ccc2[nH]c(=O)c(CC(NC(=O)c3ccc(Cl)cc3)C(=O)O)cc2c1. The van der Waals surface area contributed by atoms with E-state index >= 15 is 0 Å². The molecule has 1 atom stereocenters. The number of aliphatic carboxylic acids is 1. The van der Waals surface area contributed by atoms with Gasteiger partial charge in [0.25, 0.3) is 11.5 Å². The fraction of sp³-hybridized carbons (Fsp3) is 0.150. The first-order valence-corrected chi connectivity index (χ1v) is 8.74. The molecule has 0 fully saturated rings. The smallest absolute Gasteiger partial charge is 0.326 e. The molecule has 0 saturated heterocycles. The second-order valence-corrected chi connectivity index (χ2v) is 6.59. The van der Waals surface area contributed by atoms with Gasteiger partial charge in [-0.05, 0) is 48.5 Å². The molecule has 1 amide bonds. The molecule has 2 aromatic carbocycles. The van der Waals surface area contributed by atoms with Gasteiger partial charge in [0.15, 0.2) is 0 Å². The number of aromatic amines is 1. The van der Waals surface area contributed by atoms with Crippen LogP contribution in [0.5, 0.6) is 5.75 Å². The number of carbonyl (C=O) groups is 2. The minimum Gasteiger partial charge on any atom is -0.497 e. The molecule has 28 heavy (non-hydrogen) atoms. The number of hydrogen-bond acceptors (Lipinski definition) is 4. The second kappa shape index (κ2) is 8.14. The number of pyridine rings is 1. The molecular formula is C20H17ClN2O5. The fourth-order valence-electron chi connectivity index (χ4n) is 2.77. The van der Waals surface area contributed by atoms with E-state index in [0.717, 1.165) is 0 Å². The minimum atomic E-state index is -1.27. The number of ether oxygens (including phenoxy) is 1. The lowest BCUT2D eigenvalue weighted by molar-refractivity contribution is -0.139. The highest BCUT2D eigenvalue weighted by Crippen LogP contribution is 2.19. The van der Waals surface area contributed by atoms with E-state index in [1.807, 2.05) is 0 Å². The van der Waals surface area contributed by atoms with E-state index in [1.165, 1.54) is 31.4 Å². The van der Waals surface area contributed by atoms with E-state index in [4.69, 9.17) is 16.3 Å². The Labute approximate surface area is 164 Å². The standard InChI is InChI=1S/C20H17ClN2O5/c1-28-15-6-7-16-12(9-15)8-13(19(25)22-16)10-17(20(26)27)23-18(24)11-2-4-14(21)5-3-11/h2-9,17H,10H2,1H3,(H,22,25)(H,23,24)(H,26,27). The van der Waals surface area contributed by atoms with Crippen LogP contribution in [0.3, 0.4) is 0 Å². The van der Waals surface area contributed by atoms with Crippen LogP contribution in [0.2, 0.25) is 5.02 Å². The Hall–Kier alpha value is -3.32. The number of H-pyrrole nitrogens is 1. The van der Waals surface area contributed by atoms with E-state index in [0.29, 0.717) is 21.7 Å². The predicted octanol–water partition coefficient (Wildman–Crippen LogP) is 2.62. The second-order valence-electron chi connectivity index (χ2n) is 6.15. The van der Waals surface area contributed by atoms with Crippen LogP contribution in [0.15, 0.2) is 53.3 Å². The van der Waals surface area contributed by atoms with Crippen molar-refractivity contribution in [2.75, 3.05) is 7.11 Å². The molecule has 8 heteroatoms. The summed E-state index contributed by atoms with van der Waals surface area (Å²) in [6.07, 6.45) is -0.169. The first-order valence-electron chi connectivity index (χ1n) is 8.36. The van der Waals surface area contributed by atoms with Crippen molar-refractivity contribution < 1.29 is 19.4 Å². The molecule has 7 nitrogen and oxygen atoms in total. The quantitative estimate of drug-likeness (QED) is 0.589. The number of carboxylic acids is 1. The molecule has 0 radical (unpaired) electrons. The fourth-order valence-corrected chi connectivity index (χ4v) is 2.90. The lowest BCUT2D eigenvalue weighted by Gasteiger charge is -2.15. The number of hydrogen-bond donors (Lipinski definition) is 3. The third kappa shape index (κ3) is 4.32. The van der Waals surface area contributed by atoms with Crippen molar-refractivity contribution in [3.8, 4) is 5.75 Å². The normalized spacial score (nSPS) is 11.8. The average molecular weight is 401 g/mol. The molecule has 0 bridgehead atoms.